The zero-order valence-corrected chi connectivity index (χ0v) is 9.96. The molecule has 6 heteroatoms. The van der Waals surface area contributed by atoms with E-state index in [0.29, 0.717) is 19.5 Å². The number of nitrogens with one attached hydrogen (secondary N) is 1. The molecule has 0 bridgehead atoms. The average Bonchev–Trinajstić information content (AvgIpc) is 2.77. The van der Waals surface area contributed by atoms with E-state index in [1.54, 1.807) is 0 Å². The molecule has 1 aromatic rings. The van der Waals surface area contributed by atoms with Gasteiger partial charge in [0, 0.05) is 22.9 Å². The summed E-state index contributed by atoms with van der Waals surface area (Å²) in [4.78, 5) is 16.2. The first-order valence-corrected chi connectivity index (χ1v) is 5.97. The molecule has 0 radical (unpaired) electrons. The molecule has 5 nitrogen and oxygen atoms in total. The van der Waals surface area contributed by atoms with E-state index in [1.807, 2.05) is 12.1 Å². The lowest BCUT2D eigenvalue weighted by atomic mass is 10.3. The maximum atomic E-state index is 11.6. The van der Waals surface area contributed by atoms with Gasteiger partial charge in [-0.1, -0.05) is 12.0 Å². The smallest absolute Gasteiger partial charge is 0.261 e. The van der Waals surface area contributed by atoms with Crippen molar-refractivity contribution in [3.8, 4) is 0 Å². The van der Waals surface area contributed by atoms with Crippen molar-refractivity contribution in [1.82, 2.24) is 5.32 Å². The minimum atomic E-state index is -0.0503. The molecule has 1 heterocycles. The molecule has 0 aliphatic carbocycles. The van der Waals surface area contributed by atoms with Gasteiger partial charge in [-0.15, -0.1) is 11.3 Å². The summed E-state index contributed by atoms with van der Waals surface area (Å²) in [6, 6.07) is 3.81. The fraction of sp³-hybridized carbons (Fsp3) is 0.500. The topological polar surface area (TPSA) is 77.9 Å². The van der Waals surface area contributed by atoms with Crippen LogP contribution in [0.1, 0.15) is 27.9 Å². The summed E-state index contributed by atoms with van der Waals surface area (Å²) >= 11 is 1.52. The molecule has 1 amide bonds. The second kappa shape index (κ2) is 6.87. The molecular weight excluding hydrogens is 224 g/mol. The molecule has 0 aliphatic rings. The van der Waals surface area contributed by atoms with Crippen molar-refractivity contribution < 1.29 is 4.79 Å². The van der Waals surface area contributed by atoms with E-state index in [-0.39, 0.29) is 5.91 Å². The van der Waals surface area contributed by atoms with Gasteiger partial charge in [-0.25, -0.2) is 0 Å². The molecule has 86 valence electrons. The molecule has 1 rings (SSSR count). The van der Waals surface area contributed by atoms with E-state index < -0.39 is 0 Å². The zero-order chi connectivity index (χ0) is 11.8. The number of nitrogens with zero attached hydrogens (tertiary/aromatic N) is 3. The molecule has 0 spiro atoms. The van der Waals surface area contributed by atoms with Crippen LogP contribution in [0.5, 0.6) is 0 Å². The largest absolute Gasteiger partial charge is 0.351 e. The molecule has 0 unspecified atom stereocenters. The fourth-order valence-electron chi connectivity index (χ4n) is 1.17. The number of hydrogen-bond acceptors (Lipinski definition) is 3. The van der Waals surface area contributed by atoms with Gasteiger partial charge in [0.25, 0.3) is 5.91 Å². The summed E-state index contributed by atoms with van der Waals surface area (Å²) in [5.74, 6) is -0.0503. The summed E-state index contributed by atoms with van der Waals surface area (Å²) < 4.78 is 0. The highest BCUT2D eigenvalue weighted by molar-refractivity contribution is 7.14. The third-order valence-electron chi connectivity index (χ3n) is 2.02. The SMILES string of the molecule is CCc1ccc(C(=O)NCCCN=[N+]=[N-])s1. The maximum Gasteiger partial charge on any atom is 0.261 e. The van der Waals surface area contributed by atoms with Crippen LogP contribution < -0.4 is 5.32 Å². The Kier molecular flexibility index (Phi) is 5.39. The molecule has 0 saturated carbocycles. The van der Waals surface area contributed by atoms with Gasteiger partial charge in [-0.3, -0.25) is 4.79 Å². The zero-order valence-electron chi connectivity index (χ0n) is 9.14. The van der Waals surface area contributed by atoms with Gasteiger partial charge < -0.3 is 5.32 Å². The molecule has 0 aliphatic heterocycles. The van der Waals surface area contributed by atoms with Gasteiger partial charge in [0.2, 0.25) is 0 Å². The van der Waals surface area contributed by atoms with Crippen molar-refractivity contribution in [2.45, 2.75) is 19.8 Å². The lowest BCUT2D eigenvalue weighted by Gasteiger charge is -2.00. The monoisotopic (exact) mass is 238 g/mol. The molecular formula is C10H14N4OS. The quantitative estimate of drug-likeness (QED) is 0.351. The normalized spacial score (nSPS) is 9.56. The summed E-state index contributed by atoms with van der Waals surface area (Å²) in [5.41, 5.74) is 8.06. The van der Waals surface area contributed by atoms with E-state index in [0.717, 1.165) is 11.3 Å². The molecule has 0 saturated heterocycles. The van der Waals surface area contributed by atoms with E-state index in [9.17, 15) is 4.79 Å². The van der Waals surface area contributed by atoms with Gasteiger partial charge in [-0.05, 0) is 30.5 Å². The lowest BCUT2D eigenvalue weighted by Crippen LogP contribution is -2.23. The summed E-state index contributed by atoms with van der Waals surface area (Å²) in [6.45, 7) is 3.02. The minimum absolute atomic E-state index is 0.0503. The van der Waals surface area contributed by atoms with Crippen molar-refractivity contribution in [1.29, 1.82) is 0 Å². The van der Waals surface area contributed by atoms with Gasteiger partial charge in [0.05, 0.1) is 4.88 Å². The van der Waals surface area contributed by atoms with Crippen molar-refractivity contribution in [2.75, 3.05) is 13.1 Å². The van der Waals surface area contributed by atoms with E-state index in [2.05, 4.69) is 22.3 Å². The molecule has 1 N–H and O–H groups in total. The van der Waals surface area contributed by atoms with Crippen LogP contribution in [-0.2, 0) is 6.42 Å². The highest BCUT2D eigenvalue weighted by atomic mass is 32.1. The highest BCUT2D eigenvalue weighted by Gasteiger charge is 2.07. The predicted octanol–water partition coefficient (Wildman–Crippen LogP) is 2.74. The van der Waals surface area contributed by atoms with Gasteiger partial charge >= 0.3 is 0 Å². The van der Waals surface area contributed by atoms with Crippen LogP contribution in [0.25, 0.3) is 10.4 Å². The summed E-state index contributed by atoms with van der Waals surface area (Å²) in [7, 11) is 0. The first kappa shape index (κ1) is 12.5. The number of rotatable bonds is 6. The van der Waals surface area contributed by atoms with Crippen LogP contribution >= 0.6 is 11.3 Å². The van der Waals surface area contributed by atoms with Gasteiger partial charge in [-0.2, -0.15) is 0 Å². The van der Waals surface area contributed by atoms with Crippen LogP contribution in [0.2, 0.25) is 0 Å². The Balaban J connectivity index is 2.32. The number of aryl methyl sites for hydroxylation is 1. The average molecular weight is 238 g/mol. The highest BCUT2D eigenvalue weighted by Crippen LogP contribution is 2.16. The van der Waals surface area contributed by atoms with Crippen LogP contribution in [-0.4, -0.2) is 19.0 Å². The Hall–Kier alpha value is -1.52. The number of hydrogen-bond donors (Lipinski definition) is 1. The van der Waals surface area contributed by atoms with Crippen LogP contribution in [0.4, 0.5) is 0 Å². The second-order valence-corrected chi connectivity index (χ2v) is 4.35. The Labute approximate surface area is 98.1 Å². The minimum Gasteiger partial charge on any atom is -0.351 e. The Morgan fingerprint density at radius 2 is 2.44 bits per heavy atom. The van der Waals surface area contributed by atoms with Crippen LogP contribution in [0, 0.1) is 0 Å². The van der Waals surface area contributed by atoms with Crippen molar-refractivity contribution in [3.63, 3.8) is 0 Å². The summed E-state index contributed by atoms with van der Waals surface area (Å²) in [5, 5.41) is 6.17. The van der Waals surface area contributed by atoms with E-state index in [1.165, 1.54) is 16.2 Å². The molecule has 0 aromatic carbocycles. The molecule has 0 atom stereocenters. The van der Waals surface area contributed by atoms with E-state index in [4.69, 9.17) is 5.53 Å². The van der Waals surface area contributed by atoms with Crippen LogP contribution in [0.3, 0.4) is 0 Å². The molecule has 0 fully saturated rings. The molecule has 1 aromatic heterocycles. The third kappa shape index (κ3) is 3.92. The van der Waals surface area contributed by atoms with Crippen molar-refractivity contribution >= 4 is 17.2 Å². The van der Waals surface area contributed by atoms with Gasteiger partial charge in [0.1, 0.15) is 0 Å². The number of amides is 1. The first-order valence-electron chi connectivity index (χ1n) is 5.15. The number of carbonyl (C=O) groups is 1. The Morgan fingerprint density at radius 3 is 3.06 bits per heavy atom. The van der Waals surface area contributed by atoms with Crippen LogP contribution in [0.15, 0.2) is 17.2 Å². The molecule has 16 heavy (non-hydrogen) atoms. The number of thiophene rings is 1. The standard InChI is InChI=1S/C10H14N4OS/c1-2-8-4-5-9(16-8)10(15)12-6-3-7-13-14-11/h4-5H,2-3,6-7H2,1H3,(H,12,15). The Morgan fingerprint density at radius 1 is 1.62 bits per heavy atom. The van der Waals surface area contributed by atoms with Crippen molar-refractivity contribution in [3.05, 3.63) is 32.3 Å². The second-order valence-electron chi connectivity index (χ2n) is 3.18. The van der Waals surface area contributed by atoms with Gasteiger partial charge in [0.15, 0.2) is 0 Å². The maximum absolute atomic E-state index is 11.6. The number of carbonyl (C=O) groups excluding carboxylic acids is 1. The summed E-state index contributed by atoms with van der Waals surface area (Å²) in [6.07, 6.45) is 1.62. The van der Waals surface area contributed by atoms with E-state index >= 15 is 0 Å². The fourth-order valence-corrected chi connectivity index (χ4v) is 2.04. The Bertz CT molecular complexity index is 395. The third-order valence-corrected chi connectivity index (χ3v) is 3.25. The lowest BCUT2D eigenvalue weighted by molar-refractivity contribution is 0.0957. The predicted molar refractivity (Wildman–Crippen MR) is 64.7 cm³/mol. The van der Waals surface area contributed by atoms with Crippen molar-refractivity contribution in [2.24, 2.45) is 5.11 Å². The number of azide groups is 1. The first-order chi connectivity index (χ1) is 7.77.